The fourth-order valence-corrected chi connectivity index (χ4v) is 2.12. The predicted octanol–water partition coefficient (Wildman–Crippen LogP) is 4.39. The van der Waals surface area contributed by atoms with Crippen molar-refractivity contribution >= 4 is 5.95 Å². The molecule has 0 bridgehead atoms. The molecule has 25 heavy (non-hydrogen) atoms. The third kappa shape index (κ3) is 3.85. The van der Waals surface area contributed by atoms with Crippen molar-refractivity contribution in [3.05, 3.63) is 60.4 Å². The summed E-state index contributed by atoms with van der Waals surface area (Å²) in [6, 6.07) is 9.59. The van der Waals surface area contributed by atoms with Crippen molar-refractivity contribution in [3.8, 4) is 22.9 Å². The van der Waals surface area contributed by atoms with E-state index in [0.717, 1.165) is 12.1 Å². The number of halogens is 3. The number of anilines is 1. The molecule has 0 atom stereocenters. The molecule has 3 aromatic rings. The number of benzene rings is 1. The second-order valence-corrected chi connectivity index (χ2v) is 5.00. The first-order valence-electron chi connectivity index (χ1n) is 7.28. The maximum absolute atomic E-state index is 12.6. The Bertz CT molecular complexity index is 866. The monoisotopic (exact) mass is 346 g/mol. The molecule has 1 aromatic carbocycles. The van der Waals surface area contributed by atoms with Crippen LogP contribution in [0.15, 0.2) is 54.9 Å². The van der Waals surface area contributed by atoms with Crippen LogP contribution in [0.2, 0.25) is 0 Å². The molecule has 0 unspecified atom stereocenters. The summed E-state index contributed by atoms with van der Waals surface area (Å²) in [4.78, 5) is 12.5. The average Bonchev–Trinajstić information content (AvgIpc) is 2.62. The van der Waals surface area contributed by atoms with Crippen LogP contribution >= 0.6 is 0 Å². The molecule has 5 nitrogen and oxygen atoms in total. The van der Waals surface area contributed by atoms with Crippen LogP contribution in [0.3, 0.4) is 0 Å². The molecule has 8 heteroatoms. The van der Waals surface area contributed by atoms with E-state index in [2.05, 4.69) is 20.3 Å². The maximum Gasteiger partial charge on any atom is 0.416 e. The Morgan fingerprint density at radius 3 is 2.40 bits per heavy atom. The van der Waals surface area contributed by atoms with E-state index in [9.17, 15) is 13.2 Å². The van der Waals surface area contributed by atoms with Crippen molar-refractivity contribution in [3.63, 3.8) is 0 Å². The third-order valence-corrected chi connectivity index (χ3v) is 3.32. The molecule has 0 saturated carbocycles. The lowest BCUT2D eigenvalue weighted by Crippen LogP contribution is -2.04. The van der Waals surface area contributed by atoms with Crippen molar-refractivity contribution in [2.24, 2.45) is 0 Å². The summed E-state index contributed by atoms with van der Waals surface area (Å²) >= 11 is 0. The van der Waals surface area contributed by atoms with E-state index in [1.165, 1.54) is 18.3 Å². The first-order chi connectivity index (χ1) is 12.0. The maximum atomic E-state index is 12.6. The fraction of sp³-hybridized carbons (Fsp3) is 0.118. The largest absolute Gasteiger partial charge is 0.438 e. The van der Waals surface area contributed by atoms with Gasteiger partial charge in [-0.05, 0) is 42.5 Å². The van der Waals surface area contributed by atoms with E-state index in [-0.39, 0.29) is 11.6 Å². The molecule has 0 spiro atoms. The van der Waals surface area contributed by atoms with E-state index in [0.29, 0.717) is 17.2 Å². The van der Waals surface area contributed by atoms with Gasteiger partial charge in [-0.25, -0.2) is 15.0 Å². The number of hydrogen-bond donors (Lipinski definition) is 1. The van der Waals surface area contributed by atoms with Crippen LogP contribution < -0.4 is 10.1 Å². The summed E-state index contributed by atoms with van der Waals surface area (Å²) in [6.07, 6.45) is -1.27. The van der Waals surface area contributed by atoms with Gasteiger partial charge in [-0.1, -0.05) is 0 Å². The van der Waals surface area contributed by atoms with Gasteiger partial charge in [-0.15, -0.1) is 0 Å². The van der Waals surface area contributed by atoms with Crippen LogP contribution in [-0.2, 0) is 6.18 Å². The van der Waals surface area contributed by atoms with Gasteiger partial charge in [0.05, 0.1) is 16.8 Å². The summed E-state index contributed by atoms with van der Waals surface area (Å²) in [6.45, 7) is 0. The van der Waals surface area contributed by atoms with Crippen molar-refractivity contribution in [2.45, 2.75) is 6.18 Å². The second kappa shape index (κ2) is 6.76. The zero-order valence-electron chi connectivity index (χ0n) is 13.1. The normalized spacial score (nSPS) is 11.2. The van der Waals surface area contributed by atoms with Crippen LogP contribution in [0.5, 0.6) is 11.6 Å². The number of ether oxygens (including phenoxy) is 1. The highest BCUT2D eigenvalue weighted by Crippen LogP contribution is 2.33. The number of pyridine rings is 1. The topological polar surface area (TPSA) is 59.9 Å². The van der Waals surface area contributed by atoms with Gasteiger partial charge in [0.2, 0.25) is 11.8 Å². The molecule has 128 valence electrons. The fourth-order valence-electron chi connectivity index (χ4n) is 2.12. The molecule has 2 heterocycles. The molecule has 0 saturated heterocycles. The van der Waals surface area contributed by atoms with Gasteiger partial charge in [-0.3, -0.25) is 0 Å². The first-order valence-corrected chi connectivity index (χ1v) is 7.28. The zero-order chi connectivity index (χ0) is 17.9. The van der Waals surface area contributed by atoms with Gasteiger partial charge < -0.3 is 10.1 Å². The molecular formula is C17H13F3N4O. The highest BCUT2D eigenvalue weighted by molar-refractivity contribution is 5.65. The lowest BCUT2D eigenvalue weighted by molar-refractivity contribution is -0.137. The van der Waals surface area contributed by atoms with E-state index < -0.39 is 11.7 Å². The number of rotatable bonds is 4. The minimum atomic E-state index is -4.39. The van der Waals surface area contributed by atoms with Crippen molar-refractivity contribution < 1.29 is 17.9 Å². The second-order valence-electron chi connectivity index (χ2n) is 5.00. The average molecular weight is 346 g/mol. The van der Waals surface area contributed by atoms with Crippen LogP contribution in [0.4, 0.5) is 19.1 Å². The molecule has 3 rings (SSSR count). The Morgan fingerprint density at radius 2 is 1.72 bits per heavy atom. The molecule has 0 amide bonds. The molecule has 0 aliphatic rings. The van der Waals surface area contributed by atoms with Crippen LogP contribution in [0, 0.1) is 0 Å². The van der Waals surface area contributed by atoms with E-state index >= 15 is 0 Å². The summed E-state index contributed by atoms with van der Waals surface area (Å²) in [5.74, 6) is 0.917. The van der Waals surface area contributed by atoms with Crippen LogP contribution in [0.1, 0.15) is 5.56 Å². The smallest absolute Gasteiger partial charge is 0.416 e. The van der Waals surface area contributed by atoms with Gasteiger partial charge in [0, 0.05) is 19.4 Å². The summed E-state index contributed by atoms with van der Waals surface area (Å²) in [5.41, 5.74) is 0.436. The molecular weight excluding hydrogens is 333 g/mol. The van der Waals surface area contributed by atoms with Gasteiger partial charge in [0.1, 0.15) is 5.75 Å². The summed E-state index contributed by atoms with van der Waals surface area (Å²) in [5, 5.41) is 2.84. The van der Waals surface area contributed by atoms with Gasteiger partial charge in [-0.2, -0.15) is 13.2 Å². The van der Waals surface area contributed by atoms with Crippen molar-refractivity contribution in [1.82, 2.24) is 15.0 Å². The summed E-state index contributed by atoms with van der Waals surface area (Å²) in [7, 11) is 1.70. The highest BCUT2D eigenvalue weighted by atomic mass is 19.4. The minimum Gasteiger partial charge on any atom is -0.438 e. The molecule has 0 radical (unpaired) electrons. The Balaban J connectivity index is 1.91. The third-order valence-electron chi connectivity index (χ3n) is 3.32. The standard InChI is InChI=1S/C17H13F3N4O/c1-21-16-23-10-8-14(24-16)13-3-2-9-22-15(13)25-12-6-4-11(5-7-12)17(18,19)20/h2-10H,1H3,(H,21,23,24). The zero-order valence-corrected chi connectivity index (χ0v) is 13.1. The SMILES string of the molecule is CNc1nccc(-c2cccnc2Oc2ccc(C(F)(F)F)cc2)n1. The Labute approximate surface area is 141 Å². The van der Waals surface area contributed by atoms with Crippen LogP contribution in [0.25, 0.3) is 11.3 Å². The molecule has 1 N–H and O–H groups in total. The number of hydrogen-bond acceptors (Lipinski definition) is 5. The van der Waals surface area contributed by atoms with Crippen molar-refractivity contribution in [1.29, 1.82) is 0 Å². The number of nitrogens with zero attached hydrogens (tertiary/aromatic N) is 3. The number of nitrogens with one attached hydrogen (secondary N) is 1. The van der Waals surface area contributed by atoms with Gasteiger partial charge in [0.15, 0.2) is 0 Å². The Hall–Kier alpha value is -3.16. The Morgan fingerprint density at radius 1 is 0.960 bits per heavy atom. The Kier molecular flexibility index (Phi) is 4.51. The molecule has 0 fully saturated rings. The van der Waals surface area contributed by atoms with E-state index in [1.54, 1.807) is 31.4 Å². The van der Waals surface area contributed by atoms with Crippen molar-refractivity contribution in [2.75, 3.05) is 12.4 Å². The minimum absolute atomic E-state index is 0.239. The lowest BCUT2D eigenvalue weighted by atomic mass is 10.2. The molecule has 2 aromatic heterocycles. The highest BCUT2D eigenvalue weighted by Gasteiger charge is 2.30. The summed E-state index contributed by atoms with van der Waals surface area (Å²) < 4.78 is 43.5. The molecule has 0 aliphatic carbocycles. The van der Waals surface area contributed by atoms with Crippen LogP contribution in [-0.4, -0.2) is 22.0 Å². The predicted molar refractivity (Wildman–Crippen MR) is 86.3 cm³/mol. The molecule has 0 aliphatic heterocycles. The van der Waals surface area contributed by atoms with Gasteiger partial charge >= 0.3 is 6.18 Å². The van der Waals surface area contributed by atoms with E-state index in [1.807, 2.05) is 0 Å². The number of aromatic nitrogens is 3. The van der Waals surface area contributed by atoms with E-state index in [4.69, 9.17) is 4.74 Å². The lowest BCUT2D eigenvalue weighted by Gasteiger charge is -2.11. The first kappa shape index (κ1) is 16.7. The van der Waals surface area contributed by atoms with Gasteiger partial charge in [0.25, 0.3) is 0 Å². The number of alkyl halides is 3. The quantitative estimate of drug-likeness (QED) is 0.759.